The monoisotopic (exact) mass is 267 g/mol. The van der Waals surface area contributed by atoms with Gasteiger partial charge in [-0.15, -0.1) is 0 Å². The molecule has 0 radical (unpaired) electrons. The second-order valence-electron chi connectivity index (χ2n) is 3.44. The number of hydrogen-bond acceptors (Lipinski definition) is 3. The van der Waals surface area contributed by atoms with E-state index in [4.69, 9.17) is 4.74 Å². The van der Waals surface area contributed by atoms with E-state index in [0.29, 0.717) is 12.1 Å². The van der Waals surface area contributed by atoms with Gasteiger partial charge >= 0.3 is 5.97 Å². The molecule has 0 amide bonds. The summed E-state index contributed by atoms with van der Waals surface area (Å²) in [6, 6.07) is 0. The number of ether oxygens (including phenoxy) is 1. The van der Waals surface area contributed by atoms with Gasteiger partial charge < -0.3 is 31.7 Å². The first-order chi connectivity index (χ1) is 5.93. The Morgan fingerprint density at radius 2 is 2.07 bits per heavy atom. The van der Waals surface area contributed by atoms with Gasteiger partial charge in [0, 0.05) is 5.57 Å². The van der Waals surface area contributed by atoms with Crippen molar-refractivity contribution in [1.29, 1.82) is 0 Å². The largest absolute Gasteiger partial charge is 1.00 e. The fraction of sp³-hybridized carbons (Fsp3) is 0.667. The Morgan fingerprint density at radius 1 is 1.57 bits per heavy atom. The minimum Gasteiger partial charge on any atom is -1.00 e. The molecule has 5 heteroatoms. The lowest BCUT2D eigenvalue weighted by Crippen LogP contribution is -3.07. The van der Waals surface area contributed by atoms with Crippen molar-refractivity contribution in [3.8, 4) is 0 Å². The molecule has 0 heterocycles. The number of hydrogen-bond donors (Lipinski definition) is 2. The Bertz CT molecular complexity index is 194. The third kappa shape index (κ3) is 8.22. The fourth-order valence-corrected chi connectivity index (χ4v) is 0.825. The van der Waals surface area contributed by atoms with Crippen molar-refractivity contribution in [3.05, 3.63) is 12.2 Å². The molecule has 2 N–H and O–H groups in total. The van der Waals surface area contributed by atoms with E-state index in [2.05, 4.69) is 6.58 Å². The number of nitrogens with one attached hydrogen (secondary N) is 1. The molecule has 0 aliphatic rings. The summed E-state index contributed by atoms with van der Waals surface area (Å²) in [5.41, 5.74) is 0.351. The first-order valence-electron chi connectivity index (χ1n) is 4.23. The van der Waals surface area contributed by atoms with Gasteiger partial charge in [-0.3, -0.25) is 0 Å². The molecule has 0 aliphatic carbocycles. The molecule has 14 heavy (non-hydrogen) atoms. The van der Waals surface area contributed by atoms with Crippen molar-refractivity contribution < 1.29 is 36.5 Å². The van der Waals surface area contributed by atoms with Gasteiger partial charge in [-0.2, -0.15) is 0 Å². The summed E-state index contributed by atoms with van der Waals surface area (Å²) < 4.78 is 4.76. The summed E-state index contributed by atoms with van der Waals surface area (Å²) >= 11 is 0. The van der Waals surface area contributed by atoms with Gasteiger partial charge in [0.25, 0.3) is 0 Å². The van der Waals surface area contributed by atoms with Gasteiger partial charge in [0.05, 0.1) is 14.1 Å². The van der Waals surface area contributed by atoms with Crippen molar-refractivity contribution in [1.82, 2.24) is 0 Å². The Kier molecular flexibility index (Phi) is 9.13. The number of rotatable bonds is 5. The SMILES string of the molecule is C=C(C)C(=O)OCC(O)C[NH+](C)C.[Br-]. The lowest BCUT2D eigenvalue weighted by atomic mass is 10.3. The minimum atomic E-state index is -0.603. The molecule has 0 saturated heterocycles. The van der Waals surface area contributed by atoms with E-state index in [1.807, 2.05) is 14.1 Å². The topological polar surface area (TPSA) is 51.0 Å². The molecule has 0 fully saturated rings. The molecule has 0 spiro atoms. The molecular weight excluding hydrogens is 250 g/mol. The van der Waals surface area contributed by atoms with Crippen molar-refractivity contribution in [3.63, 3.8) is 0 Å². The average molecular weight is 268 g/mol. The molecule has 0 bridgehead atoms. The molecule has 84 valence electrons. The maximum Gasteiger partial charge on any atom is 0.333 e. The second-order valence-corrected chi connectivity index (χ2v) is 3.44. The normalized spacial score (nSPS) is 11.8. The van der Waals surface area contributed by atoms with Gasteiger partial charge in [0.2, 0.25) is 0 Å². The van der Waals surface area contributed by atoms with E-state index in [9.17, 15) is 9.90 Å². The smallest absolute Gasteiger partial charge is 0.333 e. The number of quaternary nitrogens is 1. The van der Waals surface area contributed by atoms with Gasteiger partial charge in [0.15, 0.2) is 0 Å². The maximum atomic E-state index is 10.9. The number of likely N-dealkylation sites (N-methyl/N-ethyl adjacent to an activating group) is 1. The van der Waals surface area contributed by atoms with Crippen LogP contribution in [-0.2, 0) is 9.53 Å². The van der Waals surface area contributed by atoms with Crippen LogP contribution in [0, 0.1) is 0 Å². The standard InChI is InChI=1S/C9H17NO3.BrH/c1-7(2)9(12)13-6-8(11)5-10(3)4;/h8,11H,1,5-6H2,2-4H3;1H. The summed E-state index contributed by atoms with van der Waals surface area (Å²) in [6.45, 7) is 5.61. The molecule has 0 rings (SSSR count). The summed E-state index contributed by atoms with van der Waals surface area (Å²) in [5, 5.41) is 9.32. The zero-order valence-electron chi connectivity index (χ0n) is 8.84. The average Bonchev–Trinajstić information content (AvgIpc) is 1.98. The van der Waals surface area contributed by atoms with Crippen LogP contribution in [0.3, 0.4) is 0 Å². The first kappa shape index (κ1) is 16.1. The van der Waals surface area contributed by atoms with Gasteiger partial charge in [-0.1, -0.05) is 6.58 Å². The molecule has 0 saturated carbocycles. The Labute approximate surface area is 95.3 Å². The molecular formula is C9H18BrNO3. The lowest BCUT2D eigenvalue weighted by molar-refractivity contribution is -0.861. The van der Waals surface area contributed by atoms with E-state index in [-0.39, 0.29) is 23.6 Å². The molecule has 1 atom stereocenters. The third-order valence-electron chi connectivity index (χ3n) is 1.40. The number of esters is 1. The third-order valence-corrected chi connectivity index (χ3v) is 1.40. The van der Waals surface area contributed by atoms with Crippen LogP contribution in [0.2, 0.25) is 0 Å². The van der Waals surface area contributed by atoms with Crippen LogP contribution in [0.1, 0.15) is 6.92 Å². The Balaban J connectivity index is 0. The highest BCUT2D eigenvalue weighted by atomic mass is 79.9. The van der Waals surface area contributed by atoms with Crippen LogP contribution < -0.4 is 21.9 Å². The molecule has 0 aliphatic heterocycles. The predicted molar refractivity (Wildman–Crippen MR) is 49.5 cm³/mol. The highest BCUT2D eigenvalue weighted by Gasteiger charge is 2.11. The van der Waals surface area contributed by atoms with Crippen LogP contribution in [0.5, 0.6) is 0 Å². The second kappa shape index (κ2) is 7.96. The maximum absolute atomic E-state index is 10.9. The summed E-state index contributed by atoms with van der Waals surface area (Å²) in [4.78, 5) is 12.0. The van der Waals surface area contributed by atoms with Gasteiger partial charge in [-0.25, -0.2) is 4.79 Å². The minimum absolute atomic E-state index is 0. The zero-order valence-corrected chi connectivity index (χ0v) is 10.4. The number of halogens is 1. The van der Waals surface area contributed by atoms with Crippen LogP contribution in [0.4, 0.5) is 0 Å². The number of aliphatic hydroxyl groups is 1. The van der Waals surface area contributed by atoms with E-state index in [1.165, 1.54) is 0 Å². The fourth-order valence-electron chi connectivity index (χ4n) is 0.825. The predicted octanol–water partition coefficient (Wildman–Crippen LogP) is -4.38. The molecule has 0 aromatic rings. The number of carbonyl (C=O) groups is 1. The molecule has 0 aromatic carbocycles. The van der Waals surface area contributed by atoms with Crippen molar-refractivity contribution in [2.45, 2.75) is 13.0 Å². The van der Waals surface area contributed by atoms with E-state index >= 15 is 0 Å². The van der Waals surface area contributed by atoms with Crippen LogP contribution in [-0.4, -0.2) is 44.4 Å². The zero-order chi connectivity index (χ0) is 10.4. The summed E-state index contributed by atoms with van der Waals surface area (Å²) in [7, 11) is 3.84. The van der Waals surface area contributed by atoms with Crippen LogP contribution in [0.25, 0.3) is 0 Å². The highest BCUT2D eigenvalue weighted by molar-refractivity contribution is 5.86. The number of carbonyl (C=O) groups excluding carboxylic acids is 1. The Hall–Kier alpha value is -0.390. The molecule has 0 aromatic heterocycles. The van der Waals surface area contributed by atoms with Gasteiger partial charge in [0.1, 0.15) is 19.3 Å². The summed E-state index contributed by atoms with van der Waals surface area (Å²) in [6.07, 6.45) is -0.603. The first-order valence-corrected chi connectivity index (χ1v) is 4.23. The van der Waals surface area contributed by atoms with Gasteiger partial charge in [-0.05, 0) is 6.92 Å². The van der Waals surface area contributed by atoms with Crippen LogP contribution >= 0.6 is 0 Å². The van der Waals surface area contributed by atoms with Crippen LogP contribution in [0.15, 0.2) is 12.2 Å². The quantitative estimate of drug-likeness (QED) is 0.391. The van der Waals surface area contributed by atoms with E-state index in [1.54, 1.807) is 6.92 Å². The Morgan fingerprint density at radius 3 is 2.43 bits per heavy atom. The van der Waals surface area contributed by atoms with Crippen molar-refractivity contribution in [2.24, 2.45) is 0 Å². The van der Waals surface area contributed by atoms with Crippen molar-refractivity contribution >= 4 is 5.97 Å². The highest BCUT2D eigenvalue weighted by Crippen LogP contribution is 1.92. The summed E-state index contributed by atoms with van der Waals surface area (Å²) in [5.74, 6) is -0.451. The molecule has 4 nitrogen and oxygen atoms in total. The number of aliphatic hydroxyl groups excluding tert-OH is 1. The molecule has 1 unspecified atom stereocenters. The lowest BCUT2D eigenvalue weighted by Gasteiger charge is -2.13. The van der Waals surface area contributed by atoms with E-state index < -0.39 is 12.1 Å². The van der Waals surface area contributed by atoms with E-state index in [0.717, 1.165) is 4.90 Å². The van der Waals surface area contributed by atoms with Crippen molar-refractivity contribution in [2.75, 3.05) is 27.2 Å².